The van der Waals surface area contributed by atoms with Crippen molar-refractivity contribution >= 4 is 11.9 Å². The maximum absolute atomic E-state index is 12.7. The molecule has 0 aromatic carbocycles. The number of aliphatic carboxylic acids is 1. The van der Waals surface area contributed by atoms with E-state index in [1.807, 2.05) is 0 Å². The summed E-state index contributed by atoms with van der Waals surface area (Å²) in [5.74, 6) is -0.963. The lowest BCUT2D eigenvalue weighted by atomic mass is 10.2. The van der Waals surface area contributed by atoms with Crippen molar-refractivity contribution in [1.29, 1.82) is 0 Å². The van der Waals surface area contributed by atoms with Gasteiger partial charge < -0.3 is 14.7 Å². The SMILES string of the molecule is CN(CC(=O)O)CC1CN(c2nccc(C(F)(F)F)n2)CCO1. The van der Waals surface area contributed by atoms with Gasteiger partial charge in [0, 0.05) is 25.8 Å². The molecular formula is C13H17F3N4O3. The van der Waals surface area contributed by atoms with Gasteiger partial charge in [0.2, 0.25) is 5.95 Å². The van der Waals surface area contributed by atoms with Gasteiger partial charge in [-0.25, -0.2) is 9.97 Å². The molecule has 1 unspecified atom stereocenters. The summed E-state index contributed by atoms with van der Waals surface area (Å²) < 4.78 is 43.7. The molecule has 1 N–H and O–H groups in total. The van der Waals surface area contributed by atoms with Gasteiger partial charge in [-0.1, -0.05) is 0 Å². The van der Waals surface area contributed by atoms with Crippen LogP contribution in [0.15, 0.2) is 12.3 Å². The number of nitrogens with zero attached hydrogens (tertiary/aromatic N) is 4. The van der Waals surface area contributed by atoms with Gasteiger partial charge in [-0.05, 0) is 13.1 Å². The molecule has 23 heavy (non-hydrogen) atoms. The Morgan fingerprint density at radius 1 is 1.57 bits per heavy atom. The zero-order valence-electron chi connectivity index (χ0n) is 12.5. The van der Waals surface area contributed by atoms with Crippen LogP contribution in [0.1, 0.15) is 5.69 Å². The molecule has 1 aromatic heterocycles. The first-order valence-corrected chi connectivity index (χ1v) is 6.93. The molecule has 0 amide bonds. The summed E-state index contributed by atoms with van der Waals surface area (Å²) in [6.45, 7) is 1.19. The number of likely N-dealkylation sites (N-methyl/N-ethyl adjacent to an activating group) is 1. The van der Waals surface area contributed by atoms with Gasteiger partial charge in [0.1, 0.15) is 5.69 Å². The third kappa shape index (κ3) is 5.03. The van der Waals surface area contributed by atoms with E-state index in [-0.39, 0.29) is 18.6 Å². The standard InChI is InChI=1S/C13H17F3N4O3/c1-19(8-11(21)22)6-9-7-20(4-5-23-9)12-17-3-2-10(18-12)13(14,15)16/h2-3,9H,4-8H2,1H3,(H,21,22). The minimum atomic E-state index is -4.52. The molecule has 7 nitrogen and oxygen atoms in total. The monoisotopic (exact) mass is 334 g/mol. The largest absolute Gasteiger partial charge is 0.480 e. The number of morpholine rings is 1. The minimum absolute atomic E-state index is 0.00554. The van der Waals surface area contributed by atoms with Crippen molar-refractivity contribution in [2.75, 3.05) is 44.7 Å². The summed E-state index contributed by atoms with van der Waals surface area (Å²) in [4.78, 5) is 21.3. The fourth-order valence-electron chi connectivity index (χ4n) is 2.31. The van der Waals surface area contributed by atoms with E-state index in [9.17, 15) is 18.0 Å². The van der Waals surface area contributed by atoms with E-state index in [4.69, 9.17) is 9.84 Å². The number of hydrogen-bond donors (Lipinski definition) is 1. The van der Waals surface area contributed by atoms with Gasteiger partial charge >= 0.3 is 12.1 Å². The number of carboxylic acids is 1. The van der Waals surface area contributed by atoms with Crippen LogP contribution in [-0.2, 0) is 15.7 Å². The van der Waals surface area contributed by atoms with Gasteiger partial charge in [-0.3, -0.25) is 9.69 Å². The van der Waals surface area contributed by atoms with Crippen molar-refractivity contribution in [3.63, 3.8) is 0 Å². The lowest BCUT2D eigenvalue weighted by Gasteiger charge is -2.34. The Balaban J connectivity index is 2.02. The summed E-state index contributed by atoms with van der Waals surface area (Å²) in [7, 11) is 1.64. The fraction of sp³-hybridized carbons (Fsp3) is 0.615. The van der Waals surface area contributed by atoms with Crippen LogP contribution in [0.2, 0.25) is 0 Å². The second kappa shape index (κ2) is 7.09. The van der Waals surface area contributed by atoms with Crippen molar-refractivity contribution in [3.8, 4) is 0 Å². The Hall–Kier alpha value is -1.94. The van der Waals surface area contributed by atoms with Crippen LogP contribution in [0.25, 0.3) is 0 Å². The first kappa shape index (κ1) is 17.4. The number of aromatic nitrogens is 2. The van der Waals surface area contributed by atoms with Crippen LogP contribution in [0.3, 0.4) is 0 Å². The molecule has 1 aliphatic rings. The Morgan fingerprint density at radius 3 is 2.96 bits per heavy atom. The van der Waals surface area contributed by atoms with Crippen molar-refractivity contribution in [2.24, 2.45) is 0 Å². The molecule has 0 radical (unpaired) electrons. The summed E-state index contributed by atoms with van der Waals surface area (Å²) in [5, 5.41) is 8.73. The minimum Gasteiger partial charge on any atom is -0.480 e. The van der Waals surface area contributed by atoms with E-state index in [0.717, 1.165) is 12.3 Å². The average molecular weight is 334 g/mol. The number of hydrogen-bond acceptors (Lipinski definition) is 6. The normalized spacial score (nSPS) is 19.2. The smallest absolute Gasteiger partial charge is 0.433 e. The number of ether oxygens (including phenoxy) is 1. The van der Waals surface area contributed by atoms with E-state index in [1.165, 1.54) is 0 Å². The highest BCUT2D eigenvalue weighted by Gasteiger charge is 2.33. The first-order valence-electron chi connectivity index (χ1n) is 6.93. The van der Waals surface area contributed by atoms with Gasteiger partial charge in [0.25, 0.3) is 0 Å². The molecule has 0 spiro atoms. The van der Waals surface area contributed by atoms with Crippen LogP contribution in [0.4, 0.5) is 19.1 Å². The molecule has 0 bridgehead atoms. The highest BCUT2D eigenvalue weighted by molar-refractivity contribution is 5.69. The second-order valence-electron chi connectivity index (χ2n) is 5.27. The van der Waals surface area contributed by atoms with Crippen LogP contribution >= 0.6 is 0 Å². The van der Waals surface area contributed by atoms with Crippen molar-refractivity contribution < 1.29 is 27.8 Å². The highest BCUT2D eigenvalue weighted by Crippen LogP contribution is 2.28. The molecule has 1 saturated heterocycles. The predicted octanol–water partition coefficient (Wildman–Crippen LogP) is 0.717. The van der Waals surface area contributed by atoms with E-state index < -0.39 is 17.8 Å². The van der Waals surface area contributed by atoms with Crippen LogP contribution < -0.4 is 4.90 Å². The number of carboxylic acid groups (broad SMARTS) is 1. The molecule has 0 saturated carbocycles. The Morgan fingerprint density at radius 2 is 2.30 bits per heavy atom. The topological polar surface area (TPSA) is 78.8 Å². The number of carbonyl (C=O) groups is 1. The van der Waals surface area contributed by atoms with Gasteiger partial charge in [-0.2, -0.15) is 13.2 Å². The summed E-state index contributed by atoms with van der Waals surface area (Å²) in [6, 6.07) is 0.821. The van der Waals surface area contributed by atoms with Crippen LogP contribution in [0, 0.1) is 0 Å². The van der Waals surface area contributed by atoms with Crippen molar-refractivity contribution in [3.05, 3.63) is 18.0 Å². The molecule has 128 valence electrons. The third-order valence-electron chi connectivity index (χ3n) is 3.28. The molecule has 2 heterocycles. The maximum atomic E-state index is 12.7. The quantitative estimate of drug-likeness (QED) is 0.850. The highest BCUT2D eigenvalue weighted by atomic mass is 19.4. The molecule has 1 fully saturated rings. The molecular weight excluding hydrogens is 317 g/mol. The Labute approximate surface area is 130 Å². The Bertz CT molecular complexity index is 556. The van der Waals surface area contributed by atoms with Crippen molar-refractivity contribution in [1.82, 2.24) is 14.9 Å². The summed E-state index contributed by atoms with van der Waals surface area (Å²) in [6.07, 6.45) is -3.77. The molecule has 1 atom stereocenters. The number of anilines is 1. The number of halogens is 3. The lowest BCUT2D eigenvalue weighted by Crippen LogP contribution is -2.48. The zero-order chi connectivity index (χ0) is 17.0. The number of alkyl halides is 3. The summed E-state index contributed by atoms with van der Waals surface area (Å²) in [5.41, 5.74) is -0.992. The van der Waals surface area contributed by atoms with Crippen LogP contribution in [-0.4, -0.2) is 71.9 Å². The van der Waals surface area contributed by atoms with Gasteiger partial charge in [0.15, 0.2) is 0 Å². The average Bonchev–Trinajstić information content (AvgIpc) is 2.46. The molecule has 1 aromatic rings. The predicted molar refractivity (Wildman–Crippen MR) is 74.1 cm³/mol. The molecule has 2 rings (SSSR count). The van der Waals surface area contributed by atoms with E-state index >= 15 is 0 Å². The van der Waals surface area contributed by atoms with Crippen LogP contribution in [0.5, 0.6) is 0 Å². The lowest BCUT2D eigenvalue weighted by molar-refractivity contribution is -0.141. The third-order valence-corrected chi connectivity index (χ3v) is 3.28. The molecule has 1 aliphatic heterocycles. The second-order valence-corrected chi connectivity index (χ2v) is 5.27. The van der Waals surface area contributed by atoms with E-state index in [1.54, 1.807) is 16.8 Å². The van der Waals surface area contributed by atoms with E-state index in [0.29, 0.717) is 26.2 Å². The van der Waals surface area contributed by atoms with Gasteiger partial charge in [0.05, 0.1) is 19.3 Å². The van der Waals surface area contributed by atoms with Crippen molar-refractivity contribution in [2.45, 2.75) is 12.3 Å². The van der Waals surface area contributed by atoms with Gasteiger partial charge in [-0.15, -0.1) is 0 Å². The zero-order valence-corrected chi connectivity index (χ0v) is 12.5. The fourth-order valence-corrected chi connectivity index (χ4v) is 2.31. The molecule has 10 heteroatoms. The molecule has 0 aliphatic carbocycles. The number of rotatable bonds is 5. The Kier molecular flexibility index (Phi) is 5.37. The van der Waals surface area contributed by atoms with E-state index in [2.05, 4.69) is 9.97 Å². The maximum Gasteiger partial charge on any atom is 0.433 e. The first-order chi connectivity index (χ1) is 10.8. The summed E-state index contributed by atoms with van der Waals surface area (Å²) >= 11 is 0.